The second-order valence-electron chi connectivity index (χ2n) is 3.16. The fourth-order valence-electron chi connectivity index (χ4n) is 1.11. The predicted molar refractivity (Wildman–Crippen MR) is 53.7 cm³/mol. The first-order valence-corrected chi connectivity index (χ1v) is 5.06. The predicted octanol–water partition coefficient (Wildman–Crippen LogP) is 4.44. The second-order valence-corrected chi connectivity index (χ2v) is 4.07. The SMILES string of the molecule is FC(F)(F)CNc1cc(Br)ccc1C(F)(F)F. The molecule has 1 aromatic carbocycles. The molecule has 0 aromatic heterocycles. The lowest BCUT2D eigenvalue weighted by Crippen LogP contribution is -2.23. The van der Waals surface area contributed by atoms with Crippen LogP contribution in [0.3, 0.4) is 0 Å². The molecule has 8 heteroatoms. The zero-order valence-electron chi connectivity index (χ0n) is 8.08. The summed E-state index contributed by atoms with van der Waals surface area (Å²) in [5, 5.41) is 1.73. The average molecular weight is 322 g/mol. The highest BCUT2D eigenvalue weighted by atomic mass is 79.9. The second kappa shape index (κ2) is 4.75. The molecule has 1 rings (SSSR count). The number of anilines is 1. The molecule has 0 amide bonds. The average Bonchev–Trinajstić information content (AvgIpc) is 2.11. The topological polar surface area (TPSA) is 12.0 Å². The molecule has 0 spiro atoms. The lowest BCUT2D eigenvalue weighted by atomic mass is 10.1. The molecule has 0 heterocycles. The number of rotatable bonds is 2. The van der Waals surface area contributed by atoms with Gasteiger partial charge in [-0.2, -0.15) is 26.3 Å². The van der Waals surface area contributed by atoms with E-state index in [9.17, 15) is 26.3 Å². The van der Waals surface area contributed by atoms with Crippen LogP contribution in [0.2, 0.25) is 0 Å². The third-order valence-electron chi connectivity index (χ3n) is 1.77. The molecule has 0 saturated carbocycles. The summed E-state index contributed by atoms with van der Waals surface area (Å²) in [6.45, 7) is -1.52. The summed E-state index contributed by atoms with van der Waals surface area (Å²) in [7, 11) is 0. The van der Waals surface area contributed by atoms with E-state index in [1.165, 1.54) is 0 Å². The van der Waals surface area contributed by atoms with E-state index >= 15 is 0 Å². The number of halogens is 7. The van der Waals surface area contributed by atoms with E-state index in [0.29, 0.717) is 6.07 Å². The molecule has 0 aliphatic rings. The highest BCUT2D eigenvalue weighted by molar-refractivity contribution is 9.10. The minimum absolute atomic E-state index is 0.259. The Morgan fingerprint density at radius 1 is 1.06 bits per heavy atom. The smallest absolute Gasteiger partial charge is 0.376 e. The largest absolute Gasteiger partial charge is 0.418 e. The number of alkyl halides is 6. The van der Waals surface area contributed by atoms with Gasteiger partial charge in [-0.05, 0) is 18.2 Å². The van der Waals surface area contributed by atoms with E-state index in [2.05, 4.69) is 15.9 Å². The van der Waals surface area contributed by atoms with Gasteiger partial charge in [0.15, 0.2) is 0 Å². The molecular formula is C9H6BrF6N. The highest BCUT2D eigenvalue weighted by Gasteiger charge is 2.35. The maximum absolute atomic E-state index is 12.5. The summed E-state index contributed by atoms with van der Waals surface area (Å²) in [5.74, 6) is 0. The maximum Gasteiger partial charge on any atom is 0.418 e. The van der Waals surface area contributed by atoms with Crippen LogP contribution in [0.25, 0.3) is 0 Å². The minimum Gasteiger partial charge on any atom is -0.376 e. The van der Waals surface area contributed by atoms with E-state index in [1.54, 1.807) is 5.32 Å². The first-order valence-electron chi connectivity index (χ1n) is 4.27. The van der Waals surface area contributed by atoms with Crippen molar-refractivity contribution in [1.29, 1.82) is 0 Å². The van der Waals surface area contributed by atoms with E-state index in [0.717, 1.165) is 12.1 Å². The van der Waals surface area contributed by atoms with Crippen molar-refractivity contribution in [2.24, 2.45) is 0 Å². The van der Waals surface area contributed by atoms with Crippen LogP contribution in [0.15, 0.2) is 22.7 Å². The Morgan fingerprint density at radius 3 is 2.12 bits per heavy atom. The first-order chi connectivity index (χ1) is 7.59. The summed E-state index contributed by atoms with van der Waals surface area (Å²) in [6, 6.07) is 2.78. The maximum atomic E-state index is 12.5. The van der Waals surface area contributed by atoms with Crippen molar-refractivity contribution in [1.82, 2.24) is 0 Å². The molecule has 1 aromatic rings. The van der Waals surface area contributed by atoms with Crippen LogP contribution in [0.1, 0.15) is 5.56 Å². The van der Waals surface area contributed by atoms with Crippen LogP contribution in [0.5, 0.6) is 0 Å². The van der Waals surface area contributed by atoms with E-state index in [4.69, 9.17) is 0 Å². The minimum atomic E-state index is -4.70. The van der Waals surface area contributed by atoms with Crippen molar-refractivity contribution in [3.63, 3.8) is 0 Å². The van der Waals surface area contributed by atoms with Crippen molar-refractivity contribution < 1.29 is 26.3 Å². The van der Waals surface area contributed by atoms with E-state index in [-0.39, 0.29) is 4.47 Å². The molecule has 0 aliphatic heterocycles. The molecular weight excluding hydrogens is 316 g/mol. The number of hydrogen-bond donors (Lipinski definition) is 1. The number of nitrogens with one attached hydrogen (secondary N) is 1. The van der Waals surface area contributed by atoms with Gasteiger partial charge in [-0.25, -0.2) is 0 Å². The Hall–Kier alpha value is -0.920. The molecule has 0 atom stereocenters. The van der Waals surface area contributed by atoms with Crippen molar-refractivity contribution >= 4 is 21.6 Å². The van der Waals surface area contributed by atoms with Crippen LogP contribution >= 0.6 is 15.9 Å². The Morgan fingerprint density at radius 2 is 1.65 bits per heavy atom. The zero-order chi connectivity index (χ0) is 13.3. The summed E-state index contributed by atoms with van der Waals surface area (Å²) in [4.78, 5) is 0. The molecule has 0 unspecified atom stereocenters. The Bertz CT molecular complexity index is 397. The van der Waals surface area contributed by atoms with Crippen LogP contribution in [0.4, 0.5) is 32.0 Å². The van der Waals surface area contributed by atoms with Gasteiger partial charge in [-0.15, -0.1) is 0 Å². The standard InChI is InChI=1S/C9H6BrF6N/c10-5-1-2-6(9(14,15)16)7(3-5)17-4-8(11,12)13/h1-3,17H,4H2. The van der Waals surface area contributed by atoms with E-state index < -0.39 is 30.1 Å². The van der Waals surface area contributed by atoms with Crippen LogP contribution in [-0.2, 0) is 6.18 Å². The summed E-state index contributed by atoms with van der Waals surface area (Å²) < 4.78 is 73.4. The Labute approximate surface area is 101 Å². The molecule has 17 heavy (non-hydrogen) atoms. The highest BCUT2D eigenvalue weighted by Crippen LogP contribution is 2.36. The van der Waals surface area contributed by atoms with Crippen molar-refractivity contribution in [2.45, 2.75) is 12.4 Å². The third kappa shape index (κ3) is 4.45. The van der Waals surface area contributed by atoms with Gasteiger partial charge in [0.05, 0.1) is 5.56 Å². The van der Waals surface area contributed by atoms with Gasteiger partial charge < -0.3 is 5.32 Å². The fourth-order valence-corrected chi connectivity index (χ4v) is 1.47. The van der Waals surface area contributed by atoms with Gasteiger partial charge in [0, 0.05) is 10.2 Å². The summed E-state index contributed by atoms with van der Waals surface area (Å²) in [6.07, 6.45) is -9.28. The summed E-state index contributed by atoms with van der Waals surface area (Å²) >= 11 is 2.89. The Kier molecular flexibility index (Phi) is 3.95. The van der Waals surface area contributed by atoms with Crippen LogP contribution < -0.4 is 5.32 Å². The quantitative estimate of drug-likeness (QED) is 0.794. The fraction of sp³-hybridized carbons (Fsp3) is 0.333. The third-order valence-corrected chi connectivity index (χ3v) is 2.26. The molecule has 0 fully saturated rings. The van der Waals surface area contributed by atoms with Gasteiger partial charge in [0.1, 0.15) is 6.54 Å². The lowest BCUT2D eigenvalue weighted by molar-refractivity contribution is -0.137. The number of benzene rings is 1. The van der Waals surface area contributed by atoms with Crippen LogP contribution in [0, 0.1) is 0 Å². The van der Waals surface area contributed by atoms with Crippen molar-refractivity contribution in [2.75, 3.05) is 11.9 Å². The van der Waals surface area contributed by atoms with E-state index in [1.807, 2.05) is 0 Å². The molecule has 96 valence electrons. The van der Waals surface area contributed by atoms with Gasteiger partial charge in [-0.3, -0.25) is 0 Å². The molecule has 1 N–H and O–H groups in total. The van der Waals surface area contributed by atoms with Crippen molar-refractivity contribution in [3.8, 4) is 0 Å². The normalized spacial score (nSPS) is 12.6. The van der Waals surface area contributed by atoms with Gasteiger partial charge >= 0.3 is 12.4 Å². The first kappa shape index (κ1) is 14.1. The monoisotopic (exact) mass is 321 g/mol. The van der Waals surface area contributed by atoms with Crippen molar-refractivity contribution in [3.05, 3.63) is 28.2 Å². The summed E-state index contributed by atoms with van der Waals surface area (Å²) in [5.41, 5.74) is -1.74. The molecule has 0 saturated heterocycles. The molecule has 0 aliphatic carbocycles. The zero-order valence-corrected chi connectivity index (χ0v) is 9.67. The molecule has 0 bridgehead atoms. The van der Waals surface area contributed by atoms with Gasteiger partial charge in [-0.1, -0.05) is 15.9 Å². The Balaban J connectivity index is 3.00. The molecule has 1 nitrogen and oxygen atoms in total. The van der Waals surface area contributed by atoms with Gasteiger partial charge in [0.2, 0.25) is 0 Å². The lowest BCUT2D eigenvalue weighted by Gasteiger charge is -2.16. The number of hydrogen-bond acceptors (Lipinski definition) is 1. The van der Waals surface area contributed by atoms with Gasteiger partial charge in [0.25, 0.3) is 0 Å². The molecule has 0 radical (unpaired) electrons. The van der Waals surface area contributed by atoms with Crippen LogP contribution in [-0.4, -0.2) is 12.7 Å².